The second-order valence-corrected chi connectivity index (χ2v) is 3.31. The summed E-state index contributed by atoms with van der Waals surface area (Å²) in [6, 6.07) is 0. The highest BCUT2D eigenvalue weighted by Gasteiger charge is 2.32. The summed E-state index contributed by atoms with van der Waals surface area (Å²) in [6.45, 7) is 3.18. The molecule has 0 heterocycles. The number of esters is 1. The lowest BCUT2D eigenvalue weighted by atomic mass is 10.0. The van der Waals surface area contributed by atoms with Gasteiger partial charge in [-0.2, -0.15) is 0 Å². The Hall–Kier alpha value is -1.27. The number of ketones is 2. The Labute approximate surface area is 100 Å². The van der Waals surface area contributed by atoms with Crippen molar-refractivity contribution in [3.63, 3.8) is 0 Å². The first-order valence-electron chi connectivity index (χ1n) is 5.31. The lowest BCUT2D eigenvalue weighted by Crippen LogP contribution is -2.34. The van der Waals surface area contributed by atoms with Gasteiger partial charge in [0.2, 0.25) is 0 Å². The molecule has 0 aromatic rings. The lowest BCUT2D eigenvalue weighted by molar-refractivity contribution is -0.155. The van der Waals surface area contributed by atoms with E-state index in [2.05, 4.69) is 4.74 Å². The summed E-state index contributed by atoms with van der Waals surface area (Å²) < 4.78 is 14.3. The summed E-state index contributed by atoms with van der Waals surface area (Å²) in [7, 11) is 1.50. The molecule has 0 aliphatic rings. The normalized spacial score (nSPS) is 11.9. The molecular formula is C11H18O6. The molecule has 0 radical (unpaired) electrons. The van der Waals surface area contributed by atoms with Gasteiger partial charge < -0.3 is 14.2 Å². The topological polar surface area (TPSA) is 78.9 Å². The number of Topliss-reactive ketones (excluding diaryl/α,β-unsaturated/α-hetero) is 2. The third-order valence-electron chi connectivity index (χ3n) is 1.93. The van der Waals surface area contributed by atoms with Crippen LogP contribution in [-0.2, 0) is 28.6 Å². The minimum absolute atomic E-state index is 0.125. The molecule has 1 atom stereocenters. The van der Waals surface area contributed by atoms with E-state index in [1.807, 2.05) is 0 Å². The minimum atomic E-state index is -1.38. The van der Waals surface area contributed by atoms with E-state index in [0.29, 0.717) is 6.61 Å². The second kappa shape index (κ2) is 8.83. The number of carbonyl (C=O) groups excluding carboxylic acids is 3. The molecule has 6 nitrogen and oxygen atoms in total. The van der Waals surface area contributed by atoms with Gasteiger partial charge in [0.05, 0.1) is 19.8 Å². The van der Waals surface area contributed by atoms with Crippen molar-refractivity contribution in [2.45, 2.75) is 13.8 Å². The van der Waals surface area contributed by atoms with Crippen LogP contribution in [0.4, 0.5) is 0 Å². The molecule has 0 unspecified atom stereocenters. The standard InChI is InChI=1S/C11H18O6/c1-4-17-11(14)10(8(2)12)9(13)7-16-6-5-15-3/h10H,4-7H2,1-3H3/t10-/m1/s1. The van der Waals surface area contributed by atoms with Crippen LogP contribution in [0.5, 0.6) is 0 Å². The van der Waals surface area contributed by atoms with Gasteiger partial charge in [-0.15, -0.1) is 0 Å². The van der Waals surface area contributed by atoms with E-state index in [4.69, 9.17) is 9.47 Å². The number of methoxy groups -OCH3 is 1. The quantitative estimate of drug-likeness (QED) is 0.323. The number of ether oxygens (including phenoxy) is 3. The van der Waals surface area contributed by atoms with Crippen molar-refractivity contribution < 1.29 is 28.6 Å². The highest BCUT2D eigenvalue weighted by atomic mass is 16.5. The van der Waals surface area contributed by atoms with Crippen molar-refractivity contribution in [2.24, 2.45) is 5.92 Å². The monoisotopic (exact) mass is 246 g/mol. The van der Waals surface area contributed by atoms with E-state index < -0.39 is 23.5 Å². The Kier molecular flexibility index (Phi) is 8.17. The molecule has 0 fully saturated rings. The molecule has 0 rings (SSSR count). The summed E-state index contributed by atoms with van der Waals surface area (Å²) >= 11 is 0. The molecule has 6 heteroatoms. The van der Waals surface area contributed by atoms with E-state index in [0.717, 1.165) is 0 Å². The highest BCUT2D eigenvalue weighted by molar-refractivity contribution is 6.16. The largest absolute Gasteiger partial charge is 0.465 e. The smallest absolute Gasteiger partial charge is 0.324 e. The molecule has 0 spiro atoms. The predicted octanol–water partition coefficient (Wildman–Crippen LogP) is -0.0132. The average Bonchev–Trinajstić information content (AvgIpc) is 2.24. The minimum Gasteiger partial charge on any atom is -0.465 e. The van der Waals surface area contributed by atoms with Gasteiger partial charge in [0.15, 0.2) is 17.5 Å². The lowest BCUT2D eigenvalue weighted by Gasteiger charge is -2.11. The molecule has 17 heavy (non-hydrogen) atoms. The summed E-state index contributed by atoms with van der Waals surface area (Å²) in [5.41, 5.74) is 0. The van der Waals surface area contributed by atoms with Crippen LogP contribution in [0, 0.1) is 5.92 Å². The number of carbonyl (C=O) groups is 3. The maximum Gasteiger partial charge on any atom is 0.324 e. The Morgan fingerprint density at radius 2 is 1.82 bits per heavy atom. The van der Waals surface area contributed by atoms with Crippen molar-refractivity contribution in [1.82, 2.24) is 0 Å². The van der Waals surface area contributed by atoms with Gasteiger partial charge in [0.1, 0.15) is 6.61 Å². The molecule has 98 valence electrons. The first kappa shape index (κ1) is 15.7. The first-order chi connectivity index (χ1) is 8.04. The van der Waals surface area contributed by atoms with Gasteiger partial charge in [-0.3, -0.25) is 14.4 Å². The Morgan fingerprint density at radius 3 is 2.29 bits per heavy atom. The Balaban J connectivity index is 4.25. The molecular weight excluding hydrogens is 228 g/mol. The fraction of sp³-hybridized carbons (Fsp3) is 0.727. The molecule has 0 bridgehead atoms. The van der Waals surface area contributed by atoms with Crippen LogP contribution in [-0.4, -0.2) is 51.1 Å². The van der Waals surface area contributed by atoms with Crippen LogP contribution in [0.15, 0.2) is 0 Å². The van der Waals surface area contributed by atoms with E-state index in [1.165, 1.54) is 14.0 Å². The Morgan fingerprint density at radius 1 is 1.18 bits per heavy atom. The van der Waals surface area contributed by atoms with Crippen molar-refractivity contribution in [2.75, 3.05) is 33.5 Å². The number of rotatable bonds is 9. The number of hydrogen-bond donors (Lipinski definition) is 0. The van der Waals surface area contributed by atoms with Crippen LogP contribution < -0.4 is 0 Å². The van der Waals surface area contributed by atoms with Crippen molar-refractivity contribution in [3.05, 3.63) is 0 Å². The summed E-state index contributed by atoms with van der Waals surface area (Å²) in [5.74, 6) is -3.33. The van der Waals surface area contributed by atoms with Gasteiger partial charge in [-0.1, -0.05) is 0 Å². The second-order valence-electron chi connectivity index (χ2n) is 3.31. The third-order valence-corrected chi connectivity index (χ3v) is 1.93. The molecule has 0 aromatic carbocycles. The van der Waals surface area contributed by atoms with Gasteiger partial charge >= 0.3 is 5.97 Å². The summed E-state index contributed by atoms with van der Waals surface area (Å²) in [4.78, 5) is 34.1. The van der Waals surface area contributed by atoms with Crippen LogP contribution in [0.25, 0.3) is 0 Å². The summed E-state index contributed by atoms with van der Waals surface area (Å²) in [6.07, 6.45) is 0. The molecule has 0 aliphatic carbocycles. The molecule has 0 aromatic heterocycles. The van der Waals surface area contributed by atoms with E-state index in [1.54, 1.807) is 6.92 Å². The Bertz CT molecular complexity index is 273. The van der Waals surface area contributed by atoms with E-state index >= 15 is 0 Å². The predicted molar refractivity (Wildman–Crippen MR) is 58.5 cm³/mol. The van der Waals surface area contributed by atoms with Crippen LogP contribution in [0.1, 0.15) is 13.8 Å². The van der Waals surface area contributed by atoms with Crippen LogP contribution >= 0.6 is 0 Å². The molecule has 0 saturated carbocycles. The van der Waals surface area contributed by atoms with E-state index in [9.17, 15) is 14.4 Å². The SMILES string of the molecule is CCOC(=O)[C@H](C(C)=O)C(=O)COCCOC. The van der Waals surface area contributed by atoms with Gasteiger partial charge in [-0.25, -0.2) is 0 Å². The maximum absolute atomic E-state index is 11.6. The van der Waals surface area contributed by atoms with E-state index in [-0.39, 0.29) is 19.8 Å². The fourth-order valence-corrected chi connectivity index (χ4v) is 1.15. The first-order valence-corrected chi connectivity index (χ1v) is 5.31. The molecule has 0 saturated heterocycles. The zero-order valence-electron chi connectivity index (χ0n) is 10.4. The maximum atomic E-state index is 11.6. The van der Waals surface area contributed by atoms with Gasteiger partial charge in [-0.05, 0) is 13.8 Å². The van der Waals surface area contributed by atoms with Crippen molar-refractivity contribution in [1.29, 1.82) is 0 Å². The zero-order valence-corrected chi connectivity index (χ0v) is 10.4. The van der Waals surface area contributed by atoms with Crippen LogP contribution in [0.2, 0.25) is 0 Å². The molecule has 0 amide bonds. The summed E-state index contributed by atoms with van der Waals surface area (Å²) in [5, 5.41) is 0. The number of hydrogen-bond acceptors (Lipinski definition) is 6. The zero-order chi connectivity index (χ0) is 13.3. The highest BCUT2D eigenvalue weighted by Crippen LogP contribution is 2.04. The average molecular weight is 246 g/mol. The van der Waals surface area contributed by atoms with Crippen LogP contribution in [0.3, 0.4) is 0 Å². The fourth-order valence-electron chi connectivity index (χ4n) is 1.15. The molecule has 0 N–H and O–H groups in total. The third kappa shape index (κ3) is 6.13. The molecule has 0 aliphatic heterocycles. The van der Waals surface area contributed by atoms with Crippen molar-refractivity contribution in [3.8, 4) is 0 Å². The van der Waals surface area contributed by atoms with Gasteiger partial charge in [0, 0.05) is 7.11 Å². The van der Waals surface area contributed by atoms with Gasteiger partial charge in [0.25, 0.3) is 0 Å². The van der Waals surface area contributed by atoms with Crippen molar-refractivity contribution >= 4 is 17.5 Å².